The second-order valence-electron chi connectivity index (χ2n) is 9.70. The maximum absolute atomic E-state index is 13.2. The van der Waals surface area contributed by atoms with Crippen LogP contribution in [-0.4, -0.2) is 105 Å². The molecule has 3 aliphatic heterocycles. The Labute approximate surface area is 256 Å². The molecule has 7 N–H and O–H groups in total. The third-order valence-corrected chi connectivity index (χ3v) is 8.14. The summed E-state index contributed by atoms with van der Waals surface area (Å²) in [6.07, 6.45) is 1.85. The first-order valence-corrected chi connectivity index (χ1v) is 15.5. The Morgan fingerprint density at radius 1 is 1.36 bits per heavy atom. The first-order chi connectivity index (χ1) is 20.5. The van der Waals surface area contributed by atoms with Crippen LogP contribution in [0.25, 0.3) is 0 Å². The van der Waals surface area contributed by atoms with Gasteiger partial charge in [-0.2, -0.15) is 9.36 Å². The Morgan fingerprint density at radius 2 is 2.05 bits per heavy atom. The van der Waals surface area contributed by atoms with Gasteiger partial charge in [0.1, 0.15) is 17.1 Å². The largest absolute Gasteiger partial charge is 0.726 e. The molecule has 0 aromatic carbocycles. The van der Waals surface area contributed by atoms with Crippen LogP contribution in [0.15, 0.2) is 28.7 Å². The Hall–Kier alpha value is -4.32. The van der Waals surface area contributed by atoms with Gasteiger partial charge in [-0.05, 0) is 13.8 Å². The molecule has 20 nitrogen and oxygen atoms in total. The van der Waals surface area contributed by atoms with Gasteiger partial charge in [0, 0.05) is 29.4 Å². The highest BCUT2D eigenvalue weighted by Crippen LogP contribution is 2.40. The molecule has 1 fully saturated rings. The predicted octanol–water partition coefficient (Wildman–Crippen LogP) is -2.34. The molecule has 3 aliphatic rings. The highest BCUT2D eigenvalue weighted by atomic mass is 32.3. The fraction of sp³-hybridized carbons (Fsp3) is 0.429. The Morgan fingerprint density at radius 3 is 2.64 bits per heavy atom. The van der Waals surface area contributed by atoms with Gasteiger partial charge in [0.15, 0.2) is 23.7 Å². The number of nitrogen functional groups attached to an aromatic ring is 1. The Bertz CT molecular complexity index is 1670. The molecule has 0 radical (unpaired) electrons. The number of anilines is 2. The summed E-state index contributed by atoms with van der Waals surface area (Å²) in [5.41, 5.74) is 3.81. The Balaban J connectivity index is 0.000000818. The molecule has 1 saturated heterocycles. The number of aliphatic carboxylic acids is 2. The van der Waals surface area contributed by atoms with Crippen molar-refractivity contribution in [3.63, 3.8) is 0 Å². The van der Waals surface area contributed by atoms with Crippen molar-refractivity contribution in [1.29, 1.82) is 0 Å². The summed E-state index contributed by atoms with van der Waals surface area (Å²) in [7, 11) is -4.92. The summed E-state index contributed by atoms with van der Waals surface area (Å²) >= 11 is 2.10. The molecular formula is C21H25N9O11S3. The van der Waals surface area contributed by atoms with Crippen molar-refractivity contribution in [2.45, 2.75) is 44.0 Å². The second kappa shape index (κ2) is 12.4. The van der Waals surface area contributed by atoms with E-state index < -0.39 is 56.9 Å². The van der Waals surface area contributed by atoms with Crippen LogP contribution in [0, 0.1) is 0 Å². The molecule has 23 heteroatoms. The average Bonchev–Trinajstić information content (AvgIpc) is 3.65. The van der Waals surface area contributed by atoms with Crippen LogP contribution in [0.1, 0.15) is 19.7 Å². The maximum atomic E-state index is 13.2. The van der Waals surface area contributed by atoms with E-state index in [1.807, 2.05) is 21.6 Å². The van der Waals surface area contributed by atoms with Crippen molar-refractivity contribution in [2.24, 2.45) is 5.16 Å². The highest BCUT2D eigenvalue weighted by Gasteiger charge is 2.55. The molecule has 2 atom stereocenters. The molecule has 2 aromatic rings. The second-order valence-corrected chi connectivity index (χ2v) is 12.4. The number of carboxylic acids is 2. The van der Waals surface area contributed by atoms with Crippen molar-refractivity contribution in [1.82, 2.24) is 24.3 Å². The van der Waals surface area contributed by atoms with Crippen molar-refractivity contribution < 1.29 is 56.4 Å². The van der Waals surface area contributed by atoms with Crippen LogP contribution in [0.3, 0.4) is 0 Å². The average molecular weight is 676 g/mol. The first kappa shape index (κ1) is 32.6. The number of carbonyl (C=O) groups excluding carboxylic acids is 2. The third-order valence-electron chi connectivity index (χ3n) is 6.26. The van der Waals surface area contributed by atoms with Crippen LogP contribution in [0.4, 0.5) is 10.9 Å². The molecule has 0 saturated carbocycles. The van der Waals surface area contributed by atoms with Gasteiger partial charge in [0.2, 0.25) is 27.5 Å². The van der Waals surface area contributed by atoms with Crippen LogP contribution < -0.4 is 21.0 Å². The van der Waals surface area contributed by atoms with Crippen molar-refractivity contribution >= 4 is 74.1 Å². The fourth-order valence-electron chi connectivity index (χ4n) is 4.21. The Kier molecular flexibility index (Phi) is 9.15. The zero-order valence-corrected chi connectivity index (χ0v) is 25.2. The number of amides is 2. The molecule has 2 aromatic heterocycles. The van der Waals surface area contributed by atoms with E-state index in [4.69, 9.17) is 28.1 Å². The van der Waals surface area contributed by atoms with Crippen molar-refractivity contribution in [2.75, 3.05) is 23.3 Å². The van der Waals surface area contributed by atoms with Gasteiger partial charge in [-0.1, -0.05) is 5.16 Å². The first-order valence-electron chi connectivity index (χ1n) is 12.3. The number of nitrogens with one attached hydrogen (secondary N) is 2. The summed E-state index contributed by atoms with van der Waals surface area (Å²) in [6.45, 7) is 4.27. The van der Waals surface area contributed by atoms with E-state index >= 15 is 0 Å². The molecule has 5 rings (SSSR count). The quantitative estimate of drug-likeness (QED) is 0.0405. The van der Waals surface area contributed by atoms with E-state index in [1.165, 1.54) is 30.5 Å². The van der Waals surface area contributed by atoms with E-state index in [0.717, 1.165) is 30.4 Å². The van der Waals surface area contributed by atoms with E-state index in [1.54, 1.807) is 0 Å². The standard InChI is InChI=1S/C21H23N9O7S2.H2O4S/c1-21(2,19(35)36)37-26-11(14-25-20(22)39-27-14)15(31)24-12-16(32)30-13(18(33)34)9(8-38-17(12)30)7-28-5-3-10-23-4-6-29(10)28;1-5(2,3)4/h3,5,12,17H,4,6-8H2,1-2H3,(H5,22,24,25,27,31,33,34,35,36);(H2,1,2,3,4)/b26-11-;/t12-,17-;/m1./s1. The number of oxime groups is 1. The summed E-state index contributed by atoms with van der Waals surface area (Å²) in [5.74, 6) is -3.05. The minimum absolute atomic E-state index is 0.0303. The molecule has 0 aliphatic carbocycles. The molecule has 44 heavy (non-hydrogen) atoms. The maximum Gasteiger partial charge on any atom is 0.352 e. The van der Waals surface area contributed by atoms with Crippen LogP contribution in [0.5, 0.6) is 0 Å². The van der Waals surface area contributed by atoms with Gasteiger partial charge in [0.25, 0.3) is 11.8 Å². The van der Waals surface area contributed by atoms with Crippen LogP contribution in [0.2, 0.25) is 0 Å². The lowest BCUT2D eigenvalue weighted by Gasteiger charge is -2.49. The lowest BCUT2D eigenvalue weighted by atomic mass is 10.0. The molecule has 0 bridgehead atoms. The SMILES string of the molecule is CC(C)(O/N=C(\C(=O)N[C@@H]1C(=O)N2C(C(=O)O)=C(C[n+]3ccc4n3CCN4)CS[C@H]12)c1nsc(N)n1)C(=O)O.O=S(=O)([O-])O. The summed E-state index contributed by atoms with van der Waals surface area (Å²) in [5, 5.41) is 28.1. The van der Waals surface area contributed by atoms with Gasteiger partial charge in [-0.15, -0.1) is 21.1 Å². The van der Waals surface area contributed by atoms with Gasteiger partial charge in [-0.25, -0.2) is 18.0 Å². The van der Waals surface area contributed by atoms with Gasteiger partial charge >= 0.3 is 11.9 Å². The highest BCUT2D eigenvalue weighted by molar-refractivity contribution is 8.00. The topological polar surface area (TPSA) is 296 Å². The monoisotopic (exact) mass is 675 g/mol. The number of carbonyl (C=O) groups is 4. The van der Waals surface area contributed by atoms with E-state index in [9.17, 15) is 29.4 Å². The number of thioether (sulfide) groups is 1. The van der Waals surface area contributed by atoms with E-state index in [0.29, 0.717) is 11.3 Å². The predicted molar refractivity (Wildman–Crippen MR) is 149 cm³/mol. The van der Waals surface area contributed by atoms with Crippen molar-refractivity contribution in [3.05, 3.63) is 29.4 Å². The number of hydrogen-bond donors (Lipinski definition) is 6. The number of carboxylic acid groups (broad SMARTS) is 2. The number of nitrogens with zero attached hydrogens (tertiary/aromatic N) is 6. The third kappa shape index (κ3) is 7.07. The summed E-state index contributed by atoms with van der Waals surface area (Å²) < 4.78 is 40.7. The zero-order chi connectivity index (χ0) is 32.6. The number of aromatic nitrogens is 4. The molecule has 2 amide bonds. The molecule has 0 spiro atoms. The normalized spacial score (nSPS) is 19.6. The molecule has 5 heterocycles. The minimum atomic E-state index is -4.92. The zero-order valence-electron chi connectivity index (χ0n) is 22.7. The number of hydrogen-bond acceptors (Lipinski definition) is 15. The lowest BCUT2D eigenvalue weighted by Crippen LogP contribution is -2.71. The van der Waals surface area contributed by atoms with Gasteiger partial charge in [0.05, 0.1) is 12.6 Å². The molecule has 0 unspecified atom stereocenters. The molecular weight excluding hydrogens is 650 g/mol. The summed E-state index contributed by atoms with van der Waals surface area (Å²) in [6, 6.07) is 0.833. The number of fused-ring (bicyclic) bond motifs is 2. The number of nitrogens with two attached hydrogens (primary N) is 1. The number of rotatable bonds is 9. The van der Waals surface area contributed by atoms with Crippen LogP contribution in [-0.2, 0) is 47.5 Å². The fourth-order valence-corrected chi connectivity index (χ4v) is 5.98. The van der Waals surface area contributed by atoms with Gasteiger partial charge in [-0.3, -0.25) is 19.0 Å². The number of β-lactam (4-membered cyclic amide) rings is 1. The minimum Gasteiger partial charge on any atom is -0.726 e. The smallest absolute Gasteiger partial charge is 0.352 e. The summed E-state index contributed by atoms with van der Waals surface area (Å²) in [4.78, 5) is 60.1. The van der Waals surface area contributed by atoms with Crippen LogP contribution >= 0.6 is 23.3 Å². The van der Waals surface area contributed by atoms with Gasteiger partial charge < -0.3 is 36.0 Å². The molecule has 238 valence electrons. The van der Waals surface area contributed by atoms with E-state index in [2.05, 4.69) is 25.1 Å². The lowest BCUT2D eigenvalue weighted by molar-refractivity contribution is -0.766. The van der Waals surface area contributed by atoms with E-state index in [-0.39, 0.29) is 23.2 Å². The van der Waals surface area contributed by atoms with Crippen molar-refractivity contribution in [3.8, 4) is 0 Å².